The summed E-state index contributed by atoms with van der Waals surface area (Å²) in [5.41, 5.74) is 1.23. The fourth-order valence-electron chi connectivity index (χ4n) is 2.61. The van der Waals surface area contributed by atoms with Crippen LogP contribution in [0.1, 0.15) is 22.7 Å². The molecule has 1 fully saturated rings. The van der Waals surface area contributed by atoms with Gasteiger partial charge in [0.2, 0.25) is 10.0 Å². The first kappa shape index (κ1) is 16.2. The summed E-state index contributed by atoms with van der Waals surface area (Å²) >= 11 is 3.32. The van der Waals surface area contributed by atoms with Crippen LogP contribution in [0.3, 0.4) is 0 Å². The van der Waals surface area contributed by atoms with Gasteiger partial charge in [0.15, 0.2) is 0 Å². The molecule has 1 aliphatic heterocycles. The lowest BCUT2D eigenvalue weighted by Crippen LogP contribution is -2.28. The van der Waals surface area contributed by atoms with E-state index in [4.69, 9.17) is 0 Å². The molecular weight excluding hydrogens is 338 g/mol. The van der Waals surface area contributed by atoms with Crippen LogP contribution in [0.4, 0.5) is 0 Å². The van der Waals surface area contributed by atoms with Crippen molar-refractivity contribution in [3.8, 4) is 0 Å². The van der Waals surface area contributed by atoms with E-state index in [0.717, 1.165) is 33.2 Å². The molecule has 0 N–H and O–H groups in total. The normalized spacial score (nSPS) is 18.3. The number of aryl methyl sites for hydroxylation is 3. The molecule has 0 saturated carbocycles. The van der Waals surface area contributed by atoms with Crippen LogP contribution in [-0.4, -0.2) is 47.3 Å². The first-order chi connectivity index (χ1) is 10.4. The summed E-state index contributed by atoms with van der Waals surface area (Å²) in [6.07, 6.45) is 0.743. The summed E-state index contributed by atoms with van der Waals surface area (Å²) in [7, 11) is -3.01. The van der Waals surface area contributed by atoms with Gasteiger partial charge >= 0.3 is 0 Å². The van der Waals surface area contributed by atoms with Gasteiger partial charge in [0, 0.05) is 29.1 Å². The van der Waals surface area contributed by atoms with Gasteiger partial charge in [-0.3, -0.25) is 0 Å². The van der Waals surface area contributed by atoms with E-state index in [1.807, 2.05) is 6.92 Å². The zero-order valence-corrected chi connectivity index (χ0v) is 15.4. The van der Waals surface area contributed by atoms with E-state index in [9.17, 15) is 8.42 Å². The van der Waals surface area contributed by atoms with Gasteiger partial charge in [-0.05, 0) is 32.8 Å². The van der Waals surface area contributed by atoms with Gasteiger partial charge in [-0.25, -0.2) is 22.7 Å². The Labute approximate surface area is 139 Å². The minimum atomic E-state index is -3.01. The van der Waals surface area contributed by atoms with Crippen molar-refractivity contribution < 1.29 is 8.42 Å². The maximum absolute atomic E-state index is 11.8. The predicted octanol–water partition coefficient (Wildman–Crippen LogP) is 2.74. The van der Waals surface area contributed by atoms with Crippen molar-refractivity contribution in [1.29, 1.82) is 0 Å². The maximum atomic E-state index is 11.8. The molecule has 120 valence electrons. The lowest BCUT2D eigenvalue weighted by Gasteiger charge is -2.13. The minimum Gasteiger partial charge on any atom is -0.226 e. The predicted molar refractivity (Wildman–Crippen MR) is 92.3 cm³/mol. The summed E-state index contributed by atoms with van der Waals surface area (Å²) in [6.45, 7) is 7.31. The van der Waals surface area contributed by atoms with Crippen LogP contribution in [0.2, 0.25) is 0 Å². The van der Waals surface area contributed by atoms with E-state index < -0.39 is 10.0 Å². The zero-order valence-electron chi connectivity index (χ0n) is 12.9. The SMILES string of the molecule is Cc1nc(SCCN2CCCS2(=O)=O)c2c(C)c(C)sc2n1. The Balaban J connectivity index is 1.79. The van der Waals surface area contributed by atoms with Crippen molar-refractivity contribution in [2.24, 2.45) is 0 Å². The molecule has 0 amide bonds. The molecule has 1 saturated heterocycles. The molecule has 0 aliphatic carbocycles. The molecule has 3 rings (SSSR count). The second kappa shape index (κ2) is 6.07. The Kier molecular flexibility index (Phi) is 4.46. The van der Waals surface area contributed by atoms with E-state index in [0.29, 0.717) is 13.1 Å². The molecule has 0 aromatic carbocycles. The number of hydrogen-bond acceptors (Lipinski definition) is 6. The van der Waals surface area contributed by atoms with E-state index >= 15 is 0 Å². The monoisotopic (exact) mass is 357 g/mol. The molecule has 2 aromatic rings. The third-order valence-corrected chi connectivity index (χ3v) is 7.90. The van der Waals surface area contributed by atoms with Crippen molar-refractivity contribution in [3.63, 3.8) is 0 Å². The quantitative estimate of drug-likeness (QED) is 0.622. The van der Waals surface area contributed by atoms with Crippen LogP contribution in [0.15, 0.2) is 5.03 Å². The van der Waals surface area contributed by atoms with E-state index in [1.54, 1.807) is 27.4 Å². The third-order valence-electron chi connectivity index (χ3n) is 3.89. The molecule has 0 atom stereocenters. The summed E-state index contributed by atoms with van der Waals surface area (Å²) in [5.74, 6) is 1.78. The molecule has 2 aromatic heterocycles. The van der Waals surface area contributed by atoms with Crippen LogP contribution in [0, 0.1) is 20.8 Å². The number of nitrogens with zero attached hydrogens (tertiary/aromatic N) is 3. The van der Waals surface area contributed by atoms with Gasteiger partial charge in [-0.1, -0.05) is 0 Å². The van der Waals surface area contributed by atoms with E-state index in [-0.39, 0.29) is 5.75 Å². The Bertz CT molecular complexity index is 814. The molecule has 8 heteroatoms. The molecule has 0 radical (unpaired) electrons. The smallest absolute Gasteiger partial charge is 0.214 e. The highest BCUT2D eigenvalue weighted by molar-refractivity contribution is 7.99. The molecule has 22 heavy (non-hydrogen) atoms. The number of thioether (sulfide) groups is 1. The average Bonchev–Trinajstić information content (AvgIpc) is 2.90. The van der Waals surface area contributed by atoms with Gasteiger partial charge in [0.25, 0.3) is 0 Å². The molecule has 0 bridgehead atoms. The second-order valence-electron chi connectivity index (χ2n) is 5.46. The first-order valence-corrected chi connectivity index (χ1v) is 10.6. The maximum Gasteiger partial charge on any atom is 0.214 e. The van der Waals surface area contributed by atoms with Gasteiger partial charge in [0.05, 0.1) is 5.75 Å². The number of thiophene rings is 1. The standard InChI is InChI=1S/C14H19N3O2S3/c1-9-10(2)21-14-12(9)13(15-11(3)16-14)20-7-6-17-5-4-8-22(17,18)19/h4-8H2,1-3H3. The second-order valence-corrected chi connectivity index (χ2v) is 9.83. The number of fused-ring (bicyclic) bond motifs is 1. The van der Waals surface area contributed by atoms with Gasteiger partial charge in [0.1, 0.15) is 15.7 Å². The number of rotatable bonds is 4. The number of sulfonamides is 1. The Morgan fingerprint density at radius 3 is 2.73 bits per heavy atom. The van der Waals surface area contributed by atoms with Crippen LogP contribution in [-0.2, 0) is 10.0 Å². The Hall–Kier alpha value is -0.700. The van der Waals surface area contributed by atoms with Crippen molar-refractivity contribution >= 4 is 43.3 Å². The highest BCUT2D eigenvalue weighted by Gasteiger charge is 2.27. The zero-order chi connectivity index (χ0) is 15.9. The Morgan fingerprint density at radius 1 is 1.27 bits per heavy atom. The number of aromatic nitrogens is 2. The highest BCUT2D eigenvalue weighted by Crippen LogP contribution is 2.35. The van der Waals surface area contributed by atoms with Crippen LogP contribution in [0.5, 0.6) is 0 Å². The summed E-state index contributed by atoms with van der Waals surface area (Å²) in [4.78, 5) is 11.4. The van der Waals surface area contributed by atoms with Gasteiger partial charge in [-0.15, -0.1) is 23.1 Å². The van der Waals surface area contributed by atoms with Crippen LogP contribution >= 0.6 is 23.1 Å². The van der Waals surface area contributed by atoms with Crippen molar-refractivity contribution in [3.05, 3.63) is 16.3 Å². The van der Waals surface area contributed by atoms with Gasteiger partial charge in [-0.2, -0.15) is 0 Å². The van der Waals surface area contributed by atoms with Crippen molar-refractivity contribution in [1.82, 2.24) is 14.3 Å². The van der Waals surface area contributed by atoms with Gasteiger partial charge < -0.3 is 0 Å². The fourth-order valence-corrected chi connectivity index (χ4v) is 6.48. The van der Waals surface area contributed by atoms with Crippen LogP contribution in [0.25, 0.3) is 10.2 Å². The molecule has 0 unspecified atom stereocenters. The van der Waals surface area contributed by atoms with E-state index in [2.05, 4.69) is 23.8 Å². The highest BCUT2D eigenvalue weighted by atomic mass is 32.2. The minimum absolute atomic E-state index is 0.289. The third kappa shape index (κ3) is 3.02. The van der Waals surface area contributed by atoms with Crippen molar-refractivity contribution in [2.45, 2.75) is 32.2 Å². The molecular formula is C14H19N3O2S3. The molecule has 1 aliphatic rings. The first-order valence-electron chi connectivity index (χ1n) is 7.23. The molecule has 0 spiro atoms. The lowest BCUT2D eigenvalue weighted by atomic mass is 10.2. The average molecular weight is 358 g/mol. The molecule has 5 nitrogen and oxygen atoms in total. The van der Waals surface area contributed by atoms with E-state index in [1.165, 1.54) is 10.4 Å². The summed E-state index contributed by atoms with van der Waals surface area (Å²) in [6, 6.07) is 0. The summed E-state index contributed by atoms with van der Waals surface area (Å²) < 4.78 is 25.2. The summed E-state index contributed by atoms with van der Waals surface area (Å²) in [5, 5.41) is 2.10. The molecule has 3 heterocycles. The fraction of sp³-hybridized carbons (Fsp3) is 0.571. The van der Waals surface area contributed by atoms with Crippen LogP contribution < -0.4 is 0 Å². The lowest BCUT2D eigenvalue weighted by molar-refractivity contribution is 0.465. The number of hydrogen-bond donors (Lipinski definition) is 0. The van der Waals surface area contributed by atoms with Crippen molar-refractivity contribution in [2.75, 3.05) is 24.6 Å². The Morgan fingerprint density at radius 2 is 2.05 bits per heavy atom. The largest absolute Gasteiger partial charge is 0.226 e. The topological polar surface area (TPSA) is 63.2 Å².